The molecule has 1 aliphatic rings. The smallest absolute Gasteiger partial charge is 0.188 e. The zero-order chi connectivity index (χ0) is 11.5. The van der Waals surface area contributed by atoms with E-state index in [-0.39, 0.29) is 0 Å². The van der Waals surface area contributed by atoms with Gasteiger partial charge in [0.1, 0.15) is 0 Å². The van der Waals surface area contributed by atoms with E-state index >= 15 is 0 Å². The van der Waals surface area contributed by atoms with Crippen molar-refractivity contribution in [1.29, 1.82) is 0 Å². The quantitative estimate of drug-likeness (QED) is 0.834. The topological polar surface area (TPSA) is 55.6 Å². The van der Waals surface area contributed by atoms with E-state index in [1.807, 2.05) is 0 Å². The maximum atomic E-state index is 4.17. The van der Waals surface area contributed by atoms with Crippen molar-refractivity contribution in [2.24, 2.45) is 18.9 Å². The highest BCUT2D eigenvalue weighted by atomic mass is 15.6. The van der Waals surface area contributed by atoms with Crippen LogP contribution in [0.3, 0.4) is 0 Å². The summed E-state index contributed by atoms with van der Waals surface area (Å²) in [6, 6.07) is 0.604. The minimum Gasteiger partial charge on any atom is -0.307 e. The van der Waals surface area contributed by atoms with Crippen LogP contribution in [0.15, 0.2) is 0 Å². The van der Waals surface area contributed by atoms with E-state index in [4.69, 9.17) is 0 Å². The van der Waals surface area contributed by atoms with Crippen LogP contribution >= 0.6 is 0 Å². The molecule has 0 bridgehead atoms. The van der Waals surface area contributed by atoms with E-state index in [2.05, 4.69) is 34.6 Å². The van der Waals surface area contributed by atoms with Crippen LogP contribution in [0.2, 0.25) is 0 Å². The lowest BCUT2D eigenvalue weighted by Crippen LogP contribution is -2.40. The summed E-state index contributed by atoms with van der Waals surface area (Å²) in [6.45, 7) is 5.42. The number of aromatic nitrogens is 4. The summed E-state index contributed by atoms with van der Waals surface area (Å²) in [6.07, 6.45) is 3.96. The number of nitrogens with zero attached hydrogens (tertiary/aromatic N) is 4. The highest BCUT2D eigenvalue weighted by Gasteiger charge is 2.26. The number of hydrogen-bond acceptors (Lipinski definition) is 4. The second-order valence-electron chi connectivity index (χ2n) is 4.95. The van der Waals surface area contributed by atoms with Gasteiger partial charge in [0.15, 0.2) is 5.82 Å². The van der Waals surface area contributed by atoms with Crippen molar-refractivity contribution in [2.45, 2.75) is 45.7 Å². The van der Waals surface area contributed by atoms with Gasteiger partial charge in [-0.15, -0.1) is 10.2 Å². The third-order valence-electron chi connectivity index (χ3n) is 3.78. The first kappa shape index (κ1) is 11.5. The summed E-state index contributed by atoms with van der Waals surface area (Å²) in [7, 11) is 1.79. The van der Waals surface area contributed by atoms with Crippen LogP contribution < -0.4 is 5.32 Å². The minimum atomic E-state index is 0.604. The molecule has 5 heteroatoms. The molecule has 16 heavy (non-hydrogen) atoms. The summed E-state index contributed by atoms with van der Waals surface area (Å²) in [5.74, 6) is 2.35. The molecule has 0 spiro atoms. The summed E-state index contributed by atoms with van der Waals surface area (Å²) < 4.78 is 0. The predicted octanol–water partition coefficient (Wildman–Crippen LogP) is 1.12. The van der Waals surface area contributed by atoms with E-state index in [9.17, 15) is 0 Å². The van der Waals surface area contributed by atoms with Gasteiger partial charge >= 0.3 is 0 Å². The van der Waals surface area contributed by atoms with Gasteiger partial charge in [-0.1, -0.05) is 26.7 Å². The summed E-state index contributed by atoms with van der Waals surface area (Å²) >= 11 is 0. The van der Waals surface area contributed by atoms with E-state index in [0.29, 0.717) is 6.04 Å². The third kappa shape index (κ3) is 2.58. The van der Waals surface area contributed by atoms with Crippen molar-refractivity contribution in [3.63, 3.8) is 0 Å². The molecule has 1 aromatic heterocycles. The fraction of sp³-hybridized carbons (Fsp3) is 0.909. The molecule has 0 aromatic carbocycles. The molecule has 5 nitrogen and oxygen atoms in total. The Hall–Kier alpha value is -0.970. The first-order valence-corrected chi connectivity index (χ1v) is 6.13. The highest BCUT2D eigenvalue weighted by molar-refractivity contribution is 4.85. The van der Waals surface area contributed by atoms with Crippen molar-refractivity contribution in [3.05, 3.63) is 5.82 Å². The second kappa shape index (κ2) is 4.91. The molecule has 1 saturated carbocycles. The van der Waals surface area contributed by atoms with E-state index in [0.717, 1.165) is 24.2 Å². The van der Waals surface area contributed by atoms with Crippen LogP contribution in [-0.2, 0) is 13.6 Å². The minimum absolute atomic E-state index is 0.604. The molecule has 1 fully saturated rings. The zero-order valence-electron chi connectivity index (χ0n) is 10.3. The van der Waals surface area contributed by atoms with Crippen molar-refractivity contribution >= 4 is 0 Å². The van der Waals surface area contributed by atoms with Crippen LogP contribution in [0.1, 0.15) is 38.9 Å². The molecule has 90 valence electrons. The van der Waals surface area contributed by atoms with Gasteiger partial charge in [0.05, 0.1) is 13.6 Å². The number of hydrogen-bond donors (Lipinski definition) is 1. The molecule has 3 unspecified atom stereocenters. The summed E-state index contributed by atoms with van der Waals surface area (Å²) in [5, 5.41) is 15.5. The summed E-state index contributed by atoms with van der Waals surface area (Å²) in [5.41, 5.74) is 0. The van der Waals surface area contributed by atoms with Crippen LogP contribution in [0.4, 0.5) is 0 Å². The molecule has 0 radical (unpaired) electrons. The average Bonchev–Trinajstić information content (AvgIpc) is 2.67. The number of rotatable bonds is 3. The molecule has 1 aliphatic carbocycles. The zero-order valence-corrected chi connectivity index (χ0v) is 10.3. The molecule has 3 atom stereocenters. The first-order chi connectivity index (χ1) is 7.66. The van der Waals surface area contributed by atoms with Crippen molar-refractivity contribution in [1.82, 2.24) is 25.5 Å². The SMILES string of the molecule is CC1CCCC(NCc2nnn(C)n2)C1C. The molecule has 0 aliphatic heterocycles. The van der Waals surface area contributed by atoms with E-state index in [1.54, 1.807) is 7.05 Å². The average molecular weight is 223 g/mol. The van der Waals surface area contributed by atoms with Crippen molar-refractivity contribution in [3.8, 4) is 0 Å². The van der Waals surface area contributed by atoms with E-state index < -0.39 is 0 Å². The number of nitrogens with one attached hydrogen (secondary N) is 1. The number of aryl methyl sites for hydroxylation is 1. The van der Waals surface area contributed by atoms with Gasteiger partial charge < -0.3 is 5.32 Å². The first-order valence-electron chi connectivity index (χ1n) is 6.13. The fourth-order valence-electron chi connectivity index (χ4n) is 2.49. The van der Waals surface area contributed by atoms with Crippen molar-refractivity contribution in [2.75, 3.05) is 0 Å². The van der Waals surface area contributed by atoms with Gasteiger partial charge in [0.25, 0.3) is 0 Å². The molecule has 1 heterocycles. The molecule has 2 rings (SSSR count). The Labute approximate surface area is 96.6 Å². The Balaban J connectivity index is 1.85. The maximum absolute atomic E-state index is 4.17. The Morgan fingerprint density at radius 2 is 2.19 bits per heavy atom. The lowest BCUT2D eigenvalue weighted by molar-refractivity contribution is 0.205. The lowest BCUT2D eigenvalue weighted by Gasteiger charge is -2.34. The predicted molar refractivity (Wildman–Crippen MR) is 61.6 cm³/mol. The lowest BCUT2D eigenvalue weighted by atomic mass is 9.78. The van der Waals surface area contributed by atoms with Gasteiger partial charge in [-0.2, -0.15) is 4.80 Å². The van der Waals surface area contributed by atoms with Gasteiger partial charge in [0.2, 0.25) is 0 Å². The van der Waals surface area contributed by atoms with Gasteiger partial charge in [-0.25, -0.2) is 0 Å². The highest BCUT2D eigenvalue weighted by Crippen LogP contribution is 2.29. The van der Waals surface area contributed by atoms with Crippen LogP contribution in [0, 0.1) is 11.8 Å². The number of tetrazole rings is 1. The normalized spacial score (nSPS) is 30.6. The molecular formula is C11H21N5. The van der Waals surface area contributed by atoms with E-state index in [1.165, 1.54) is 24.1 Å². The largest absolute Gasteiger partial charge is 0.307 e. The second-order valence-corrected chi connectivity index (χ2v) is 4.95. The molecule has 1 aromatic rings. The standard InChI is InChI=1S/C11H21N5/c1-8-5-4-6-10(9(8)2)12-7-11-13-15-16(3)14-11/h8-10,12H,4-7H2,1-3H3. The molecule has 1 N–H and O–H groups in total. The monoisotopic (exact) mass is 223 g/mol. The van der Waals surface area contributed by atoms with Gasteiger partial charge in [-0.05, 0) is 23.5 Å². The Morgan fingerprint density at radius 1 is 1.38 bits per heavy atom. The van der Waals surface area contributed by atoms with Gasteiger partial charge in [-0.3, -0.25) is 0 Å². The summed E-state index contributed by atoms with van der Waals surface area (Å²) in [4.78, 5) is 1.50. The van der Waals surface area contributed by atoms with Gasteiger partial charge in [0, 0.05) is 6.04 Å². The van der Waals surface area contributed by atoms with Crippen LogP contribution in [0.5, 0.6) is 0 Å². The molecule has 0 saturated heterocycles. The Bertz CT molecular complexity index is 335. The Morgan fingerprint density at radius 3 is 2.88 bits per heavy atom. The third-order valence-corrected chi connectivity index (χ3v) is 3.78. The molecular weight excluding hydrogens is 202 g/mol. The Kier molecular flexibility index (Phi) is 3.53. The maximum Gasteiger partial charge on any atom is 0.188 e. The van der Waals surface area contributed by atoms with Crippen molar-refractivity contribution < 1.29 is 0 Å². The molecule has 0 amide bonds. The van der Waals surface area contributed by atoms with Crippen LogP contribution in [-0.4, -0.2) is 26.2 Å². The van der Waals surface area contributed by atoms with Crippen LogP contribution in [0.25, 0.3) is 0 Å². The fourth-order valence-corrected chi connectivity index (χ4v) is 2.49.